The number of rotatable bonds is 9. The highest BCUT2D eigenvalue weighted by atomic mass is 16.5. The SMILES string of the molecule is CCOc1cccc(C(O)=C2C(=O)C(=O)N(CCOC)C2c2cccc(Oc3ccccc3)c2)c1. The van der Waals surface area contributed by atoms with Gasteiger partial charge in [-0.3, -0.25) is 9.59 Å². The molecule has 0 saturated carbocycles. The second-order valence-electron chi connectivity index (χ2n) is 7.93. The van der Waals surface area contributed by atoms with Crippen molar-refractivity contribution in [3.05, 3.63) is 95.6 Å². The number of nitrogens with zero attached hydrogens (tertiary/aromatic N) is 1. The molecule has 0 radical (unpaired) electrons. The van der Waals surface area contributed by atoms with E-state index in [1.54, 1.807) is 48.5 Å². The summed E-state index contributed by atoms with van der Waals surface area (Å²) < 4.78 is 16.7. The van der Waals surface area contributed by atoms with Crippen molar-refractivity contribution in [1.29, 1.82) is 0 Å². The van der Waals surface area contributed by atoms with Gasteiger partial charge in [0.1, 0.15) is 23.0 Å². The summed E-state index contributed by atoms with van der Waals surface area (Å²) >= 11 is 0. The second kappa shape index (κ2) is 10.9. The van der Waals surface area contributed by atoms with Gasteiger partial charge in [0.25, 0.3) is 11.7 Å². The Kier molecular flexibility index (Phi) is 7.48. The lowest BCUT2D eigenvalue weighted by Gasteiger charge is -2.25. The molecule has 1 atom stereocenters. The highest BCUT2D eigenvalue weighted by molar-refractivity contribution is 6.46. The molecule has 1 heterocycles. The van der Waals surface area contributed by atoms with Gasteiger partial charge in [0, 0.05) is 19.2 Å². The van der Waals surface area contributed by atoms with Gasteiger partial charge < -0.3 is 24.2 Å². The normalized spacial score (nSPS) is 17.0. The molecule has 7 nitrogen and oxygen atoms in total. The maximum Gasteiger partial charge on any atom is 0.295 e. The number of aliphatic hydroxyl groups is 1. The number of Topliss-reactive ketones (excluding diaryl/α,β-unsaturated/α-hetero) is 1. The van der Waals surface area contributed by atoms with Gasteiger partial charge in [-0.1, -0.05) is 42.5 Å². The molecule has 1 saturated heterocycles. The largest absolute Gasteiger partial charge is 0.507 e. The third-order valence-corrected chi connectivity index (χ3v) is 5.65. The molecule has 0 spiro atoms. The fourth-order valence-corrected chi connectivity index (χ4v) is 4.07. The molecule has 0 aliphatic carbocycles. The Hall–Kier alpha value is -4.10. The minimum atomic E-state index is -0.805. The first-order valence-electron chi connectivity index (χ1n) is 11.4. The Balaban J connectivity index is 1.79. The van der Waals surface area contributed by atoms with E-state index in [1.807, 2.05) is 37.3 Å². The van der Waals surface area contributed by atoms with Gasteiger partial charge in [0.05, 0.1) is 24.8 Å². The minimum Gasteiger partial charge on any atom is -0.507 e. The van der Waals surface area contributed by atoms with Crippen LogP contribution >= 0.6 is 0 Å². The quantitative estimate of drug-likeness (QED) is 0.269. The molecular formula is C28H27NO6. The average molecular weight is 474 g/mol. The van der Waals surface area contributed by atoms with E-state index in [0.29, 0.717) is 35.0 Å². The molecule has 3 aromatic rings. The molecule has 180 valence electrons. The Morgan fingerprint density at radius 3 is 2.37 bits per heavy atom. The van der Waals surface area contributed by atoms with Crippen LogP contribution in [0.1, 0.15) is 24.1 Å². The molecule has 7 heteroatoms. The Morgan fingerprint density at radius 1 is 0.914 bits per heavy atom. The number of likely N-dealkylation sites (tertiary alicyclic amines) is 1. The Morgan fingerprint density at radius 2 is 1.63 bits per heavy atom. The highest BCUT2D eigenvalue weighted by Crippen LogP contribution is 2.40. The standard InChI is InChI=1S/C28H27NO6/c1-3-34-22-13-8-10-20(18-22)26(30)24-25(29(15-16-33-2)28(32)27(24)31)19-9-7-14-23(17-19)35-21-11-5-4-6-12-21/h4-14,17-18,25,30H,3,15-16H2,1-2H3. The maximum absolute atomic E-state index is 13.2. The lowest BCUT2D eigenvalue weighted by Crippen LogP contribution is -2.32. The topological polar surface area (TPSA) is 85.3 Å². The molecule has 0 aromatic heterocycles. The van der Waals surface area contributed by atoms with E-state index in [4.69, 9.17) is 14.2 Å². The summed E-state index contributed by atoms with van der Waals surface area (Å²) in [7, 11) is 1.53. The highest BCUT2D eigenvalue weighted by Gasteiger charge is 2.46. The van der Waals surface area contributed by atoms with Crippen molar-refractivity contribution < 1.29 is 28.9 Å². The molecule has 0 bridgehead atoms. The first kappa shape index (κ1) is 24.0. The van der Waals surface area contributed by atoms with E-state index in [1.165, 1.54) is 12.0 Å². The van der Waals surface area contributed by atoms with E-state index in [0.717, 1.165) is 0 Å². The number of aliphatic hydroxyl groups excluding tert-OH is 1. The molecular weight excluding hydrogens is 446 g/mol. The fourth-order valence-electron chi connectivity index (χ4n) is 4.07. The van der Waals surface area contributed by atoms with Gasteiger partial charge in [-0.15, -0.1) is 0 Å². The summed E-state index contributed by atoms with van der Waals surface area (Å²) in [5, 5.41) is 11.2. The second-order valence-corrected chi connectivity index (χ2v) is 7.93. The van der Waals surface area contributed by atoms with E-state index >= 15 is 0 Å². The number of ether oxygens (including phenoxy) is 3. The summed E-state index contributed by atoms with van der Waals surface area (Å²) in [6, 6.07) is 22.5. The van der Waals surface area contributed by atoms with E-state index < -0.39 is 17.7 Å². The summed E-state index contributed by atoms with van der Waals surface area (Å²) in [6.07, 6.45) is 0. The number of methoxy groups -OCH3 is 1. The number of carbonyl (C=O) groups excluding carboxylic acids is 2. The van der Waals surface area contributed by atoms with Gasteiger partial charge in [-0.2, -0.15) is 0 Å². The molecule has 3 aromatic carbocycles. The third kappa shape index (κ3) is 5.20. The number of hydrogen-bond donors (Lipinski definition) is 1. The van der Waals surface area contributed by atoms with Gasteiger partial charge in [-0.25, -0.2) is 0 Å². The van der Waals surface area contributed by atoms with Crippen LogP contribution in [-0.4, -0.2) is 48.6 Å². The van der Waals surface area contributed by atoms with Crippen LogP contribution in [0.2, 0.25) is 0 Å². The van der Waals surface area contributed by atoms with Crippen molar-refractivity contribution >= 4 is 17.4 Å². The molecule has 1 fully saturated rings. The van der Waals surface area contributed by atoms with Crippen molar-refractivity contribution in [3.63, 3.8) is 0 Å². The van der Waals surface area contributed by atoms with Crippen molar-refractivity contribution in [2.75, 3.05) is 26.9 Å². The van der Waals surface area contributed by atoms with E-state index in [9.17, 15) is 14.7 Å². The zero-order chi connectivity index (χ0) is 24.8. The lowest BCUT2D eigenvalue weighted by atomic mass is 9.95. The number of para-hydroxylation sites is 1. The maximum atomic E-state index is 13.2. The smallest absolute Gasteiger partial charge is 0.295 e. The predicted octanol–water partition coefficient (Wildman–Crippen LogP) is 4.95. The van der Waals surface area contributed by atoms with Crippen molar-refractivity contribution in [2.24, 2.45) is 0 Å². The summed E-state index contributed by atoms with van der Waals surface area (Å²) in [5.74, 6) is 0.0584. The zero-order valence-corrected chi connectivity index (χ0v) is 19.6. The Bertz CT molecular complexity index is 1240. The van der Waals surface area contributed by atoms with E-state index in [-0.39, 0.29) is 24.5 Å². The van der Waals surface area contributed by atoms with Crippen LogP contribution < -0.4 is 9.47 Å². The van der Waals surface area contributed by atoms with Gasteiger partial charge >= 0.3 is 0 Å². The summed E-state index contributed by atoms with van der Waals surface area (Å²) in [5.41, 5.74) is 1.04. The molecule has 1 unspecified atom stereocenters. The molecule has 1 aliphatic heterocycles. The first-order valence-corrected chi connectivity index (χ1v) is 11.4. The van der Waals surface area contributed by atoms with Crippen LogP contribution in [0, 0.1) is 0 Å². The molecule has 1 amide bonds. The van der Waals surface area contributed by atoms with Crippen molar-refractivity contribution in [2.45, 2.75) is 13.0 Å². The average Bonchev–Trinajstić information content (AvgIpc) is 3.13. The van der Waals surface area contributed by atoms with Gasteiger partial charge in [0.15, 0.2) is 0 Å². The zero-order valence-electron chi connectivity index (χ0n) is 19.6. The van der Waals surface area contributed by atoms with Crippen molar-refractivity contribution in [1.82, 2.24) is 4.90 Å². The first-order chi connectivity index (χ1) is 17.0. The predicted molar refractivity (Wildman–Crippen MR) is 131 cm³/mol. The minimum absolute atomic E-state index is 0.0108. The van der Waals surface area contributed by atoms with Crippen LogP contribution in [0.3, 0.4) is 0 Å². The van der Waals surface area contributed by atoms with Gasteiger partial charge in [-0.05, 0) is 48.9 Å². The number of benzene rings is 3. The number of hydrogen-bond acceptors (Lipinski definition) is 6. The number of ketones is 1. The monoisotopic (exact) mass is 473 g/mol. The van der Waals surface area contributed by atoms with Crippen LogP contribution in [0.15, 0.2) is 84.4 Å². The van der Waals surface area contributed by atoms with Crippen LogP contribution in [0.25, 0.3) is 5.76 Å². The third-order valence-electron chi connectivity index (χ3n) is 5.65. The molecule has 1 aliphatic rings. The van der Waals surface area contributed by atoms with Crippen LogP contribution in [0.4, 0.5) is 0 Å². The van der Waals surface area contributed by atoms with Crippen LogP contribution in [0.5, 0.6) is 17.2 Å². The Labute approximate surface area is 204 Å². The van der Waals surface area contributed by atoms with E-state index in [2.05, 4.69) is 0 Å². The molecule has 4 rings (SSSR count). The molecule has 1 N–H and O–H groups in total. The van der Waals surface area contributed by atoms with Gasteiger partial charge in [0.2, 0.25) is 0 Å². The lowest BCUT2D eigenvalue weighted by molar-refractivity contribution is -0.140. The summed E-state index contributed by atoms with van der Waals surface area (Å²) in [6.45, 7) is 2.74. The number of carbonyl (C=O) groups is 2. The van der Waals surface area contributed by atoms with Crippen LogP contribution in [-0.2, 0) is 14.3 Å². The van der Waals surface area contributed by atoms with Crippen molar-refractivity contribution in [3.8, 4) is 17.2 Å². The summed E-state index contributed by atoms with van der Waals surface area (Å²) in [4.78, 5) is 27.6. The fraction of sp³-hybridized carbons (Fsp3) is 0.214. The number of amides is 1. The molecule has 35 heavy (non-hydrogen) atoms.